The summed E-state index contributed by atoms with van der Waals surface area (Å²) in [5, 5.41) is 3.74. The molecule has 0 unspecified atom stereocenters. The van der Waals surface area contributed by atoms with E-state index in [0.29, 0.717) is 24.4 Å². The molecule has 1 atom stereocenters. The number of likely N-dealkylation sites (tertiary alicyclic amines) is 1. The quantitative estimate of drug-likeness (QED) is 0.898. The number of methoxy groups -OCH3 is 1. The fourth-order valence-corrected chi connectivity index (χ4v) is 4.38. The molecule has 0 spiro atoms. The summed E-state index contributed by atoms with van der Waals surface area (Å²) in [5.41, 5.74) is 1.03. The first-order valence-corrected chi connectivity index (χ1v) is 8.83. The number of rotatable bonds is 5. The summed E-state index contributed by atoms with van der Waals surface area (Å²) in [6.07, 6.45) is 3.01. The number of amides is 2. The smallest absolute Gasteiger partial charge is 0.261 e. The van der Waals surface area contributed by atoms with Crippen LogP contribution in [0.2, 0.25) is 0 Å². The molecule has 3 heterocycles. The third-order valence-electron chi connectivity index (χ3n) is 4.41. The topological polar surface area (TPSA) is 71.5 Å². The van der Waals surface area contributed by atoms with E-state index < -0.39 is 0 Å². The fraction of sp³-hybridized carbons (Fsp3) is 0.471. The van der Waals surface area contributed by atoms with Crippen molar-refractivity contribution in [2.24, 2.45) is 0 Å². The van der Waals surface area contributed by atoms with E-state index >= 15 is 0 Å². The molecule has 2 aromatic heterocycles. The van der Waals surface area contributed by atoms with E-state index in [1.165, 1.54) is 11.3 Å². The van der Waals surface area contributed by atoms with Crippen molar-refractivity contribution in [1.82, 2.24) is 15.2 Å². The lowest BCUT2D eigenvalue weighted by atomic mass is 9.95. The number of hydrogen-bond donors (Lipinski definition) is 1. The van der Waals surface area contributed by atoms with Crippen LogP contribution in [0.1, 0.15) is 34.0 Å². The average Bonchev–Trinajstić information content (AvgIpc) is 3.23. The first-order valence-electron chi connectivity index (χ1n) is 8.02. The Bertz CT molecular complexity index is 759. The zero-order valence-corrected chi connectivity index (χ0v) is 14.7. The molecule has 3 rings (SSSR count). The van der Waals surface area contributed by atoms with Gasteiger partial charge in [-0.25, -0.2) is 4.98 Å². The normalized spacial score (nSPS) is 17.4. The van der Waals surface area contributed by atoms with Crippen LogP contribution in [0.15, 0.2) is 18.3 Å². The first-order chi connectivity index (χ1) is 11.7. The Morgan fingerprint density at radius 3 is 3.08 bits per heavy atom. The average molecular weight is 347 g/mol. The number of nitrogens with zero attached hydrogens (tertiary/aromatic N) is 2. The minimum absolute atomic E-state index is 0.0860. The molecule has 0 saturated carbocycles. The molecule has 6 nitrogen and oxygen atoms in total. The van der Waals surface area contributed by atoms with Gasteiger partial charge in [0.05, 0.1) is 17.9 Å². The van der Waals surface area contributed by atoms with Gasteiger partial charge in [0.1, 0.15) is 4.83 Å². The number of aromatic nitrogens is 1. The van der Waals surface area contributed by atoms with Gasteiger partial charge in [-0.05, 0) is 18.1 Å². The van der Waals surface area contributed by atoms with Crippen LogP contribution in [-0.4, -0.2) is 55.6 Å². The lowest BCUT2D eigenvalue weighted by Crippen LogP contribution is -2.29. The van der Waals surface area contributed by atoms with Gasteiger partial charge in [-0.1, -0.05) is 6.07 Å². The molecule has 0 aromatic carbocycles. The lowest BCUT2D eigenvalue weighted by Gasteiger charge is -2.17. The number of thiophene rings is 1. The molecular weight excluding hydrogens is 326 g/mol. The van der Waals surface area contributed by atoms with E-state index in [9.17, 15) is 9.59 Å². The number of pyridine rings is 1. The second-order valence-electron chi connectivity index (χ2n) is 5.85. The zero-order chi connectivity index (χ0) is 17.1. The highest BCUT2D eigenvalue weighted by atomic mass is 32.1. The number of hydrogen-bond acceptors (Lipinski definition) is 5. The van der Waals surface area contributed by atoms with E-state index in [4.69, 9.17) is 4.74 Å². The molecule has 128 valence electrons. The summed E-state index contributed by atoms with van der Waals surface area (Å²) in [7, 11) is 3.24. The Hall–Kier alpha value is -1.99. The third kappa shape index (κ3) is 3.14. The molecule has 1 N–H and O–H groups in total. The van der Waals surface area contributed by atoms with E-state index in [2.05, 4.69) is 10.3 Å². The van der Waals surface area contributed by atoms with E-state index in [0.717, 1.165) is 28.7 Å². The van der Waals surface area contributed by atoms with Crippen LogP contribution in [0.25, 0.3) is 10.2 Å². The number of carbonyl (C=O) groups excluding carboxylic acids is 2. The van der Waals surface area contributed by atoms with Crippen LogP contribution >= 0.6 is 11.3 Å². The predicted octanol–water partition coefficient (Wildman–Crippen LogP) is 2.01. The van der Waals surface area contributed by atoms with Crippen LogP contribution in [0.4, 0.5) is 0 Å². The summed E-state index contributed by atoms with van der Waals surface area (Å²) in [6, 6.07) is 3.90. The molecule has 0 bridgehead atoms. The van der Waals surface area contributed by atoms with Crippen LogP contribution < -0.4 is 5.32 Å². The minimum atomic E-state index is -0.0860. The van der Waals surface area contributed by atoms with Gasteiger partial charge in [0.2, 0.25) is 5.91 Å². The number of ether oxygens (including phenoxy) is 1. The molecule has 1 aliphatic rings. The SMILES string of the molecule is CNC(=O)c1sc2ncccc2c1[C@@H]1CCN(C(=O)CCOC)C1. The number of nitrogens with one attached hydrogen (secondary N) is 1. The van der Waals surface area contributed by atoms with Gasteiger partial charge in [-0.2, -0.15) is 0 Å². The second kappa shape index (κ2) is 7.27. The predicted molar refractivity (Wildman–Crippen MR) is 93.4 cm³/mol. The minimum Gasteiger partial charge on any atom is -0.384 e. The van der Waals surface area contributed by atoms with Gasteiger partial charge in [0.25, 0.3) is 5.91 Å². The molecule has 1 aliphatic heterocycles. The summed E-state index contributed by atoms with van der Waals surface area (Å²) in [5.74, 6) is 0.192. The van der Waals surface area contributed by atoms with Crippen molar-refractivity contribution in [3.8, 4) is 0 Å². The van der Waals surface area contributed by atoms with E-state index in [-0.39, 0.29) is 17.7 Å². The van der Waals surface area contributed by atoms with Gasteiger partial charge in [-0.3, -0.25) is 9.59 Å². The summed E-state index contributed by atoms with van der Waals surface area (Å²) >= 11 is 1.42. The van der Waals surface area contributed by atoms with Crippen LogP contribution in [0, 0.1) is 0 Å². The van der Waals surface area contributed by atoms with Crippen LogP contribution in [0.5, 0.6) is 0 Å². The third-order valence-corrected chi connectivity index (χ3v) is 5.54. The van der Waals surface area contributed by atoms with Crippen molar-refractivity contribution >= 4 is 33.4 Å². The monoisotopic (exact) mass is 347 g/mol. The Kier molecular flexibility index (Phi) is 5.11. The fourth-order valence-electron chi connectivity index (χ4n) is 3.21. The molecule has 2 aromatic rings. The van der Waals surface area contributed by atoms with Crippen molar-refractivity contribution < 1.29 is 14.3 Å². The highest BCUT2D eigenvalue weighted by Gasteiger charge is 2.32. The molecule has 7 heteroatoms. The van der Waals surface area contributed by atoms with Crippen molar-refractivity contribution in [2.45, 2.75) is 18.8 Å². The van der Waals surface area contributed by atoms with Crippen molar-refractivity contribution in [3.63, 3.8) is 0 Å². The van der Waals surface area contributed by atoms with Crippen molar-refractivity contribution in [1.29, 1.82) is 0 Å². The standard InChI is InChI=1S/C17H21N3O3S/c1-18-16(22)15-14(12-4-3-7-19-17(12)24-15)11-5-8-20(10-11)13(21)6-9-23-2/h3-4,7,11H,5-6,8-10H2,1-2H3,(H,18,22)/t11-/m1/s1. The van der Waals surface area contributed by atoms with Crippen molar-refractivity contribution in [2.75, 3.05) is 33.9 Å². The summed E-state index contributed by atoms with van der Waals surface area (Å²) < 4.78 is 4.99. The summed E-state index contributed by atoms with van der Waals surface area (Å²) in [4.78, 5) is 32.3. The van der Waals surface area contributed by atoms with Gasteiger partial charge in [0, 0.05) is 44.7 Å². The Morgan fingerprint density at radius 2 is 2.33 bits per heavy atom. The maximum atomic E-state index is 12.3. The molecule has 1 fully saturated rings. The van der Waals surface area contributed by atoms with Gasteiger partial charge < -0.3 is 15.0 Å². The van der Waals surface area contributed by atoms with Gasteiger partial charge in [0.15, 0.2) is 0 Å². The zero-order valence-electron chi connectivity index (χ0n) is 13.9. The molecule has 0 radical (unpaired) electrons. The Balaban J connectivity index is 1.89. The highest BCUT2D eigenvalue weighted by Crippen LogP contribution is 2.39. The number of fused-ring (bicyclic) bond motifs is 1. The van der Waals surface area contributed by atoms with E-state index in [1.807, 2.05) is 17.0 Å². The van der Waals surface area contributed by atoms with Crippen LogP contribution in [-0.2, 0) is 9.53 Å². The van der Waals surface area contributed by atoms with Gasteiger partial charge >= 0.3 is 0 Å². The molecule has 24 heavy (non-hydrogen) atoms. The van der Waals surface area contributed by atoms with Crippen molar-refractivity contribution in [3.05, 3.63) is 28.8 Å². The molecular formula is C17H21N3O3S. The Labute approximate surface area is 144 Å². The van der Waals surface area contributed by atoms with E-state index in [1.54, 1.807) is 20.4 Å². The van der Waals surface area contributed by atoms with Gasteiger partial charge in [-0.15, -0.1) is 11.3 Å². The largest absolute Gasteiger partial charge is 0.384 e. The second-order valence-corrected chi connectivity index (χ2v) is 6.85. The summed E-state index contributed by atoms with van der Waals surface area (Å²) in [6.45, 7) is 1.81. The Morgan fingerprint density at radius 1 is 1.50 bits per heavy atom. The first kappa shape index (κ1) is 16.9. The molecule has 1 saturated heterocycles. The molecule has 2 amide bonds. The highest BCUT2D eigenvalue weighted by molar-refractivity contribution is 7.20. The van der Waals surface area contributed by atoms with Crippen LogP contribution in [0.3, 0.4) is 0 Å². The maximum Gasteiger partial charge on any atom is 0.261 e. The molecule has 0 aliphatic carbocycles. The number of carbonyl (C=O) groups is 2. The maximum absolute atomic E-state index is 12.3. The lowest BCUT2D eigenvalue weighted by molar-refractivity contribution is -0.131.